The average Bonchev–Trinajstić information content (AvgIpc) is 3.63. The van der Waals surface area contributed by atoms with Crippen molar-refractivity contribution >= 4 is 47.2 Å². The Kier molecular flexibility index (Phi) is 9.40. The number of nitrogens with zero attached hydrogens (tertiary/aromatic N) is 2. The number of rotatable bonds is 8. The van der Waals surface area contributed by atoms with Crippen molar-refractivity contribution in [3.8, 4) is 0 Å². The van der Waals surface area contributed by atoms with Crippen LogP contribution in [0.2, 0.25) is 0 Å². The number of hydrogen-bond donors (Lipinski definition) is 2. The number of anilines is 2. The van der Waals surface area contributed by atoms with Gasteiger partial charge in [-0.1, -0.05) is 64.1 Å². The van der Waals surface area contributed by atoms with Crippen LogP contribution in [0.25, 0.3) is 12.2 Å². The van der Waals surface area contributed by atoms with Crippen LogP contribution in [-0.4, -0.2) is 58.6 Å². The fraction of sp³-hybridized carbons (Fsp3) is 0.438. The fourth-order valence-electron chi connectivity index (χ4n) is 5.27. The van der Waals surface area contributed by atoms with Gasteiger partial charge in [0.15, 0.2) is 0 Å². The molecule has 2 heterocycles. The van der Waals surface area contributed by atoms with Gasteiger partial charge in [-0.05, 0) is 61.1 Å². The summed E-state index contributed by atoms with van der Waals surface area (Å²) >= 11 is 0. The lowest BCUT2D eigenvalue weighted by Gasteiger charge is -2.25. The Bertz CT molecular complexity index is 1150. The van der Waals surface area contributed by atoms with E-state index in [4.69, 9.17) is 0 Å². The molecule has 2 N–H and O–H groups in total. The molecular formula is C32H40N4O4. The Labute approximate surface area is 236 Å². The molecule has 0 spiro atoms. The number of carbonyl (C=O) groups is 4. The zero-order valence-electron chi connectivity index (χ0n) is 23.9. The molecule has 2 saturated heterocycles. The molecule has 4 rings (SSSR count). The van der Waals surface area contributed by atoms with Gasteiger partial charge in [0.2, 0.25) is 23.6 Å². The summed E-state index contributed by atoms with van der Waals surface area (Å²) in [6.45, 7) is 8.69. The highest BCUT2D eigenvalue weighted by Crippen LogP contribution is 2.23. The Balaban J connectivity index is 1.30. The molecule has 0 aliphatic carbocycles. The monoisotopic (exact) mass is 544 g/mol. The highest BCUT2D eigenvalue weighted by molar-refractivity contribution is 5.98. The highest BCUT2D eigenvalue weighted by Gasteiger charge is 2.36. The van der Waals surface area contributed by atoms with Gasteiger partial charge in [-0.15, -0.1) is 0 Å². The summed E-state index contributed by atoms with van der Waals surface area (Å²) in [5, 5.41) is 5.90. The molecular weight excluding hydrogens is 504 g/mol. The van der Waals surface area contributed by atoms with Crippen molar-refractivity contribution in [2.45, 2.75) is 65.5 Å². The minimum atomic E-state index is -0.415. The lowest BCUT2D eigenvalue weighted by atomic mass is 10.1. The summed E-state index contributed by atoms with van der Waals surface area (Å²) in [4.78, 5) is 53.9. The molecule has 0 aromatic heterocycles. The molecule has 2 aromatic rings. The third-order valence-electron chi connectivity index (χ3n) is 7.49. The third kappa shape index (κ3) is 6.97. The van der Waals surface area contributed by atoms with Gasteiger partial charge in [0, 0.05) is 36.3 Å². The lowest BCUT2D eigenvalue weighted by Crippen LogP contribution is -2.44. The van der Waals surface area contributed by atoms with E-state index in [9.17, 15) is 19.2 Å². The lowest BCUT2D eigenvalue weighted by molar-refractivity contribution is -0.139. The van der Waals surface area contributed by atoms with Crippen molar-refractivity contribution in [3.05, 3.63) is 59.7 Å². The van der Waals surface area contributed by atoms with E-state index in [1.165, 1.54) is 0 Å². The van der Waals surface area contributed by atoms with Crippen LogP contribution in [0.3, 0.4) is 0 Å². The highest BCUT2D eigenvalue weighted by atomic mass is 16.2. The zero-order valence-corrected chi connectivity index (χ0v) is 23.9. The van der Waals surface area contributed by atoms with Crippen LogP contribution in [0.15, 0.2) is 48.5 Å². The summed E-state index contributed by atoms with van der Waals surface area (Å²) in [6.07, 6.45) is 7.01. The molecule has 212 valence electrons. The van der Waals surface area contributed by atoms with Gasteiger partial charge in [-0.2, -0.15) is 0 Å². The molecule has 0 saturated carbocycles. The average molecular weight is 545 g/mol. The second-order valence-electron chi connectivity index (χ2n) is 11.2. The maximum atomic E-state index is 12.8. The van der Waals surface area contributed by atoms with Gasteiger partial charge >= 0.3 is 0 Å². The number of likely N-dealkylation sites (tertiary alicyclic amines) is 2. The van der Waals surface area contributed by atoms with E-state index in [0.29, 0.717) is 37.3 Å². The van der Waals surface area contributed by atoms with E-state index in [1.54, 1.807) is 9.80 Å². The van der Waals surface area contributed by atoms with Crippen molar-refractivity contribution in [3.63, 3.8) is 0 Å². The van der Waals surface area contributed by atoms with Crippen LogP contribution in [0.4, 0.5) is 11.4 Å². The summed E-state index contributed by atoms with van der Waals surface area (Å²) in [6, 6.07) is 14.3. The van der Waals surface area contributed by atoms with Crippen LogP contribution in [-0.2, 0) is 19.2 Å². The topological polar surface area (TPSA) is 98.8 Å². The molecule has 2 atom stereocenters. The second kappa shape index (κ2) is 12.9. The number of carbonyl (C=O) groups excluding carboxylic acids is 4. The minimum absolute atomic E-state index is 0.0205. The van der Waals surface area contributed by atoms with Crippen LogP contribution in [0.1, 0.15) is 64.5 Å². The van der Waals surface area contributed by atoms with Gasteiger partial charge in [0.1, 0.15) is 12.1 Å². The van der Waals surface area contributed by atoms with E-state index in [0.717, 1.165) is 24.0 Å². The quantitative estimate of drug-likeness (QED) is 0.456. The largest absolute Gasteiger partial charge is 0.330 e. The predicted octanol–water partition coefficient (Wildman–Crippen LogP) is 5.03. The van der Waals surface area contributed by atoms with Crippen LogP contribution < -0.4 is 10.6 Å². The molecule has 0 bridgehead atoms. The molecule has 2 aliphatic heterocycles. The van der Waals surface area contributed by atoms with Crippen molar-refractivity contribution in [2.24, 2.45) is 11.8 Å². The standard InChI is InChI=1S/C32H40N4O4/c1-21(2)31(39)35-19-5-7-27(35)29(37)33-25-15-11-23(12-16-25)9-10-24-13-17-26(18-14-24)34-30(38)28-8-6-20-36(28)32(40)22(3)4/h9-18,21-22,27-28H,5-8,19-20H2,1-4H3,(H,33,37)(H,34,38)/t27-,28-/m0/s1. The maximum Gasteiger partial charge on any atom is 0.247 e. The zero-order chi connectivity index (χ0) is 28.8. The van der Waals surface area contributed by atoms with Gasteiger partial charge in [0.05, 0.1) is 0 Å². The first kappa shape index (κ1) is 29.1. The Hall–Kier alpha value is -3.94. The summed E-state index contributed by atoms with van der Waals surface area (Å²) in [5.74, 6) is -0.500. The van der Waals surface area contributed by atoms with Crippen molar-refractivity contribution in [1.29, 1.82) is 0 Å². The van der Waals surface area contributed by atoms with Crippen LogP contribution in [0.5, 0.6) is 0 Å². The van der Waals surface area contributed by atoms with Gasteiger partial charge in [0.25, 0.3) is 0 Å². The number of hydrogen-bond acceptors (Lipinski definition) is 4. The molecule has 0 radical (unpaired) electrons. The van der Waals surface area contributed by atoms with Gasteiger partial charge in [-0.3, -0.25) is 19.2 Å². The molecule has 2 aliphatic rings. The molecule has 8 nitrogen and oxygen atoms in total. The molecule has 4 amide bonds. The summed E-state index contributed by atoms with van der Waals surface area (Å²) in [5.41, 5.74) is 3.34. The van der Waals surface area contributed by atoms with Gasteiger partial charge < -0.3 is 20.4 Å². The number of benzene rings is 2. The normalized spacial score (nSPS) is 19.1. The van der Waals surface area contributed by atoms with E-state index < -0.39 is 12.1 Å². The predicted molar refractivity (Wildman–Crippen MR) is 158 cm³/mol. The molecule has 8 heteroatoms. The van der Waals surface area contributed by atoms with E-state index in [1.807, 2.05) is 88.4 Å². The molecule has 40 heavy (non-hydrogen) atoms. The first-order valence-corrected chi connectivity index (χ1v) is 14.2. The first-order chi connectivity index (χ1) is 19.1. The Morgan fingerprint density at radius 3 is 1.32 bits per heavy atom. The Morgan fingerprint density at radius 2 is 1.00 bits per heavy atom. The van der Waals surface area contributed by atoms with E-state index >= 15 is 0 Å². The Morgan fingerprint density at radius 1 is 0.650 bits per heavy atom. The second-order valence-corrected chi connectivity index (χ2v) is 11.2. The number of nitrogens with one attached hydrogen (secondary N) is 2. The smallest absolute Gasteiger partial charge is 0.247 e. The van der Waals surface area contributed by atoms with Crippen molar-refractivity contribution < 1.29 is 19.2 Å². The van der Waals surface area contributed by atoms with E-state index in [2.05, 4.69) is 10.6 Å². The van der Waals surface area contributed by atoms with Crippen molar-refractivity contribution in [1.82, 2.24) is 9.80 Å². The maximum absolute atomic E-state index is 12.8. The van der Waals surface area contributed by atoms with Crippen LogP contribution >= 0.6 is 0 Å². The third-order valence-corrected chi connectivity index (χ3v) is 7.49. The molecule has 2 fully saturated rings. The fourth-order valence-corrected chi connectivity index (χ4v) is 5.27. The summed E-state index contributed by atoms with van der Waals surface area (Å²) < 4.78 is 0. The molecule has 2 aromatic carbocycles. The molecule has 0 unspecified atom stereocenters. The van der Waals surface area contributed by atoms with Crippen molar-refractivity contribution in [2.75, 3.05) is 23.7 Å². The van der Waals surface area contributed by atoms with E-state index in [-0.39, 0.29) is 35.5 Å². The minimum Gasteiger partial charge on any atom is -0.330 e. The van der Waals surface area contributed by atoms with Crippen LogP contribution in [0, 0.1) is 11.8 Å². The summed E-state index contributed by atoms with van der Waals surface area (Å²) in [7, 11) is 0. The SMILES string of the molecule is CC(C)C(=O)N1CCC[C@H]1C(=O)Nc1ccc(C=Cc2ccc(NC(=O)[C@@H]3CCCN3C(=O)C(C)C)cc2)cc1. The van der Waals surface area contributed by atoms with Gasteiger partial charge in [-0.25, -0.2) is 0 Å². The first-order valence-electron chi connectivity index (χ1n) is 14.2. The number of amides is 4.